The number of hydrogen-bond donors (Lipinski definition) is 1. The van der Waals surface area contributed by atoms with Crippen LogP contribution in [-0.2, 0) is 17.9 Å². The second-order valence-corrected chi connectivity index (χ2v) is 5.67. The first-order valence-corrected chi connectivity index (χ1v) is 7.52. The summed E-state index contributed by atoms with van der Waals surface area (Å²) in [5, 5.41) is 3.01. The van der Waals surface area contributed by atoms with Gasteiger partial charge in [0.1, 0.15) is 6.04 Å². The van der Waals surface area contributed by atoms with Crippen molar-refractivity contribution < 1.29 is 4.79 Å². The van der Waals surface area contributed by atoms with E-state index in [1.807, 2.05) is 54.8 Å². The maximum absolute atomic E-state index is 12.6. The first-order valence-electron chi connectivity index (χ1n) is 7.52. The summed E-state index contributed by atoms with van der Waals surface area (Å²) in [6.07, 6.45) is 3.57. The van der Waals surface area contributed by atoms with Crippen LogP contribution in [0.3, 0.4) is 0 Å². The van der Waals surface area contributed by atoms with Gasteiger partial charge in [0.05, 0.1) is 18.6 Å². The third kappa shape index (κ3) is 3.74. The van der Waals surface area contributed by atoms with Gasteiger partial charge in [-0.15, -0.1) is 0 Å². The Labute approximate surface area is 132 Å². The van der Waals surface area contributed by atoms with E-state index in [2.05, 4.69) is 17.2 Å². The second kappa shape index (κ2) is 7.22. The molecule has 1 amide bonds. The Hall–Kier alpha value is -2.14. The third-order valence-electron chi connectivity index (χ3n) is 3.74. The highest BCUT2D eigenvalue weighted by atomic mass is 16.2. The molecule has 1 aromatic carbocycles. The number of amides is 1. The van der Waals surface area contributed by atoms with Gasteiger partial charge in [0, 0.05) is 12.7 Å². The Morgan fingerprint density at radius 3 is 2.59 bits per heavy atom. The van der Waals surface area contributed by atoms with Gasteiger partial charge >= 0.3 is 0 Å². The van der Waals surface area contributed by atoms with Gasteiger partial charge < -0.3 is 9.88 Å². The lowest BCUT2D eigenvalue weighted by atomic mass is 10.0. The number of imidazole rings is 1. The van der Waals surface area contributed by atoms with Crippen molar-refractivity contribution in [1.82, 2.24) is 19.8 Å². The number of carbonyl (C=O) groups excluding carboxylic acids is 1. The van der Waals surface area contributed by atoms with Gasteiger partial charge in [-0.3, -0.25) is 9.69 Å². The Morgan fingerprint density at radius 1 is 1.32 bits per heavy atom. The summed E-state index contributed by atoms with van der Waals surface area (Å²) in [4.78, 5) is 18.6. The van der Waals surface area contributed by atoms with Crippen molar-refractivity contribution >= 4 is 5.91 Å². The molecule has 5 heteroatoms. The first-order chi connectivity index (χ1) is 10.5. The zero-order chi connectivity index (χ0) is 16.1. The maximum Gasteiger partial charge on any atom is 0.242 e. The van der Waals surface area contributed by atoms with Crippen molar-refractivity contribution in [3.8, 4) is 0 Å². The van der Waals surface area contributed by atoms with Crippen molar-refractivity contribution in [2.75, 3.05) is 14.1 Å². The average molecular weight is 300 g/mol. The molecule has 0 radical (unpaired) electrons. The van der Waals surface area contributed by atoms with Crippen LogP contribution in [0, 0.1) is 6.92 Å². The summed E-state index contributed by atoms with van der Waals surface area (Å²) in [6.45, 7) is 5.44. The van der Waals surface area contributed by atoms with Gasteiger partial charge in [-0.1, -0.05) is 29.8 Å². The van der Waals surface area contributed by atoms with Crippen molar-refractivity contribution in [2.24, 2.45) is 0 Å². The van der Waals surface area contributed by atoms with Crippen LogP contribution in [-0.4, -0.2) is 34.5 Å². The minimum Gasteiger partial charge on any atom is -0.349 e. The fraction of sp³-hybridized carbons (Fsp3) is 0.412. The van der Waals surface area contributed by atoms with Crippen LogP contribution in [0.25, 0.3) is 0 Å². The van der Waals surface area contributed by atoms with E-state index >= 15 is 0 Å². The van der Waals surface area contributed by atoms with Gasteiger partial charge in [0.25, 0.3) is 0 Å². The predicted molar refractivity (Wildman–Crippen MR) is 87.4 cm³/mol. The van der Waals surface area contributed by atoms with E-state index in [0.717, 1.165) is 17.8 Å². The summed E-state index contributed by atoms with van der Waals surface area (Å²) in [5.41, 5.74) is 3.20. The van der Waals surface area contributed by atoms with E-state index in [4.69, 9.17) is 0 Å². The molecule has 22 heavy (non-hydrogen) atoms. The van der Waals surface area contributed by atoms with Crippen LogP contribution in [0.4, 0.5) is 0 Å². The SMILES string of the molecule is CCn1cncc1CNC(=O)[C@@H](c1ccc(C)cc1)N(C)C. The fourth-order valence-corrected chi connectivity index (χ4v) is 2.49. The van der Waals surface area contributed by atoms with Crippen LogP contribution >= 0.6 is 0 Å². The van der Waals surface area contributed by atoms with Crippen molar-refractivity contribution in [1.29, 1.82) is 0 Å². The van der Waals surface area contributed by atoms with Crippen molar-refractivity contribution in [3.63, 3.8) is 0 Å². The average Bonchev–Trinajstić information content (AvgIpc) is 2.94. The van der Waals surface area contributed by atoms with E-state index < -0.39 is 0 Å². The monoisotopic (exact) mass is 300 g/mol. The van der Waals surface area contributed by atoms with Crippen molar-refractivity contribution in [2.45, 2.75) is 33.0 Å². The predicted octanol–water partition coefficient (Wildman–Crippen LogP) is 2.13. The minimum atomic E-state index is -0.293. The molecule has 1 atom stereocenters. The second-order valence-electron chi connectivity index (χ2n) is 5.67. The highest BCUT2D eigenvalue weighted by Gasteiger charge is 2.22. The summed E-state index contributed by atoms with van der Waals surface area (Å²) in [7, 11) is 3.83. The lowest BCUT2D eigenvalue weighted by molar-refractivity contribution is -0.126. The Balaban J connectivity index is 2.09. The number of carbonyl (C=O) groups is 1. The zero-order valence-electron chi connectivity index (χ0n) is 13.7. The molecule has 2 aromatic rings. The Morgan fingerprint density at radius 2 is 2.00 bits per heavy atom. The van der Waals surface area contributed by atoms with Gasteiger partial charge in [-0.05, 0) is 33.5 Å². The highest BCUT2D eigenvalue weighted by Crippen LogP contribution is 2.19. The Kier molecular flexibility index (Phi) is 5.33. The maximum atomic E-state index is 12.6. The number of benzene rings is 1. The van der Waals surface area contributed by atoms with Crippen LogP contribution in [0.5, 0.6) is 0 Å². The largest absolute Gasteiger partial charge is 0.349 e. The molecule has 0 saturated carbocycles. The first kappa shape index (κ1) is 16.2. The molecule has 1 aromatic heterocycles. The molecule has 0 spiro atoms. The number of aryl methyl sites for hydroxylation is 2. The molecule has 118 valence electrons. The molecule has 0 bridgehead atoms. The van der Waals surface area contributed by atoms with E-state index in [9.17, 15) is 4.79 Å². The molecule has 0 aliphatic heterocycles. The topological polar surface area (TPSA) is 50.2 Å². The van der Waals surface area contributed by atoms with Crippen LogP contribution in [0.15, 0.2) is 36.8 Å². The standard InChI is InChI=1S/C17H24N4O/c1-5-21-12-18-10-15(21)11-19-17(22)16(20(3)4)14-8-6-13(2)7-9-14/h6-10,12,16H,5,11H2,1-4H3,(H,19,22)/t16-/m1/s1. The number of nitrogens with one attached hydrogen (secondary N) is 1. The van der Waals surface area contributed by atoms with Gasteiger partial charge in [0.15, 0.2) is 0 Å². The zero-order valence-corrected chi connectivity index (χ0v) is 13.7. The van der Waals surface area contributed by atoms with Gasteiger partial charge in [0.2, 0.25) is 5.91 Å². The molecule has 1 N–H and O–H groups in total. The van der Waals surface area contributed by atoms with E-state index in [-0.39, 0.29) is 11.9 Å². The summed E-state index contributed by atoms with van der Waals surface area (Å²) in [6, 6.07) is 7.79. The number of likely N-dealkylation sites (N-methyl/N-ethyl adjacent to an activating group) is 1. The number of hydrogen-bond acceptors (Lipinski definition) is 3. The minimum absolute atomic E-state index is 0.00212. The molecule has 2 rings (SSSR count). The molecule has 0 unspecified atom stereocenters. The molecule has 1 heterocycles. The normalized spacial score (nSPS) is 12.4. The molecule has 0 saturated heterocycles. The summed E-state index contributed by atoms with van der Waals surface area (Å²) >= 11 is 0. The number of aromatic nitrogens is 2. The van der Waals surface area contributed by atoms with Crippen LogP contribution in [0.1, 0.15) is 29.8 Å². The number of rotatable bonds is 6. The van der Waals surface area contributed by atoms with E-state index in [1.54, 1.807) is 12.5 Å². The quantitative estimate of drug-likeness (QED) is 0.889. The van der Waals surface area contributed by atoms with Crippen LogP contribution < -0.4 is 5.32 Å². The molecule has 0 aliphatic rings. The van der Waals surface area contributed by atoms with Crippen LogP contribution in [0.2, 0.25) is 0 Å². The highest BCUT2D eigenvalue weighted by molar-refractivity contribution is 5.83. The summed E-state index contributed by atoms with van der Waals surface area (Å²) in [5.74, 6) is -0.00212. The molecule has 0 fully saturated rings. The number of nitrogens with zero attached hydrogens (tertiary/aromatic N) is 3. The van der Waals surface area contributed by atoms with E-state index in [1.165, 1.54) is 5.56 Å². The lowest BCUT2D eigenvalue weighted by Crippen LogP contribution is -2.37. The van der Waals surface area contributed by atoms with E-state index in [0.29, 0.717) is 6.54 Å². The third-order valence-corrected chi connectivity index (χ3v) is 3.74. The van der Waals surface area contributed by atoms with Gasteiger partial charge in [-0.2, -0.15) is 0 Å². The lowest BCUT2D eigenvalue weighted by Gasteiger charge is -2.24. The molecular formula is C17H24N4O. The molecule has 5 nitrogen and oxygen atoms in total. The smallest absolute Gasteiger partial charge is 0.242 e. The molecular weight excluding hydrogens is 276 g/mol. The van der Waals surface area contributed by atoms with Gasteiger partial charge in [-0.25, -0.2) is 4.98 Å². The molecule has 0 aliphatic carbocycles. The summed E-state index contributed by atoms with van der Waals surface area (Å²) < 4.78 is 2.02. The Bertz CT molecular complexity index is 616. The van der Waals surface area contributed by atoms with Crippen molar-refractivity contribution in [3.05, 3.63) is 53.6 Å². The fourth-order valence-electron chi connectivity index (χ4n) is 2.49.